The fraction of sp³-hybridized carbons (Fsp3) is 0.286. The number of nitrogens with one attached hydrogen (secondary N) is 1. The summed E-state index contributed by atoms with van der Waals surface area (Å²) in [5.74, 6) is -1.54. The van der Waals surface area contributed by atoms with E-state index in [0.717, 1.165) is 31.9 Å². The fourth-order valence-corrected chi connectivity index (χ4v) is 8.04. The molecule has 262 valence electrons. The number of halogens is 3. The van der Waals surface area contributed by atoms with Crippen LogP contribution in [0.2, 0.25) is 0 Å². The van der Waals surface area contributed by atoms with Crippen molar-refractivity contribution in [2.75, 3.05) is 55.6 Å². The number of amides is 2. The Morgan fingerprint density at radius 3 is 2.34 bits per heavy atom. The molecule has 1 N–H and O–H groups in total. The van der Waals surface area contributed by atoms with Crippen molar-refractivity contribution in [1.82, 2.24) is 15.2 Å². The van der Waals surface area contributed by atoms with Gasteiger partial charge in [0, 0.05) is 52.8 Å². The maximum absolute atomic E-state index is 15.0. The lowest BCUT2D eigenvalue weighted by Gasteiger charge is -2.34. The van der Waals surface area contributed by atoms with Gasteiger partial charge in [-0.1, -0.05) is 0 Å². The number of ether oxygens (including phenoxy) is 2. The summed E-state index contributed by atoms with van der Waals surface area (Å²) in [4.78, 5) is 37.7. The monoisotopic (exact) mass is 817 g/mol. The Kier molecular flexibility index (Phi) is 10.3. The van der Waals surface area contributed by atoms with Crippen LogP contribution in [0.3, 0.4) is 0 Å². The van der Waals surface area contributed by atoms with E-state index in [-0.39, 0.29) is 45.5 Å². The van der Waals surface area contributed by atoms with E-state index >= 15 is 0 Å². The number of likely N-dealkylation sites (N-methyl/N-ethyl adjacent to an activating group) is 1. The van der Waals surface area contributed by atoms with Crippen molar-refractivity contribution in [1.29, 1.82) is 0 Å². The zero-order chi connectivity index (χ0) is 35.6. The maximum Gasteiger partial charge on any atom is 0.276 e. The molecule has 50 heavy (non-hydrogen) atoms. The molecule has 2 amide bonds. The van der Waals surface area contributed by atoms with E-state index in [1.54, 1.807) is 43.3 Å². The summed E-state index contributed by atoms with van der Waals surface area (Å²) in [6.45, 7) is 4.55. The van der Waals surface area contributed by atoms with Crippen LogP contribution in [0.25, 0.3) is 0 Å². The third-order valence-electron chi connectivity index (χ3n) is 8.58. The largest absolute Gasteiger partial charge is 0.488 e. The molecule has 0 bridgehead atoms. The van der Waals surface area contributed by atoms with Gasteiger partial charge in [-0.05, 0) is 115 Å². The van der Waals surface area contributed by atoms with Gasteiger partial charge in [-0.3, -0.25) is 9.59 Å². The zero-order valence-corrected chi connectivity index (χ0v) is 30.2. The molecule has 0 saturated carbocycles. The number of fused-ring (bicyclic) bond motifs is 1. The second-order valence-electron chi connectivity index (χ2n) is 11.7. The van der Waals surface area contributed by atoms with Gasteiger partial charge in [0.05, 0.1) is 22.8 Å². The van der Waals surface area contributed by atoms with Crippen LogP contribution in [0, 0.1) is 3.57 Å². The number of rotatable bonds is 11. The number of benzene rings is 3. The Labute approximate surface area is 302 Å². The van der Waals surface area contributed by atoms with Crippen molar-refractivity contribution in [3.8, 4) is 11.6 Å². The molecule has 0 spiro atoms. The minimum atomic E-state index is -4.63. The highest BCUT2D eigenvalue weighted by Gasteiger charge is 2.58. The number of alkyl halides is 2. The number of pyridine rings is 1. The van der Waals surface area contributed by atoms with Gasteiger partial charge in [-0.15, -0.1) is 0 Å². The van der Waals surface area contributed by atoms with E-state index in [1.165, 1.54) is 36.5 Å². The Balaban J connectivity index is 1.44. The molecule has 1 fully saturated rings. The van der Waals surface area contributed by atoms with Crippen molar-refractivity contribution in [3.05, 3.63) is 105 Å². The van der Waals surface area contributed by atoms with E-state index in [4.69, 9.17) is 9.47 Å². The van der Waals surface area contributed by atoms with Gasteiger partial charge in [-0.25, -0.2) is 22.2 Å². The van der Waals surface area contributed by atoms with Crippen LogP contribution in [-0.4, -0.2) is 83.0 Å². The Morgan fingerprint density at radius 2 is 1.68 bits per heavy atom. The molecule has 1 saturated heterocycles. The lowest BCUT2D eigenvalue weighted by Crippen LogP contribution is -2.55. The number of carbonyl (C=O) groups is 2. The van der Waals surface area contributed by atoms with Crippen molar-refractivity contribution in [3.63, 3.8) is 0 Å². The summed E-state index contributed by atoms with van der Waals surface area (Å²) in [6.07, 6.45) is -1.24. The SMILES string of the molecule is CCOc1ncccc1C1(NC(=O)c2ccc(N3CCN(C)CC3)cc2)C(=O)N(S(=O)(=O)c2ccc(OCC(F)F)cc2)c2ccc(I)cc21. The standard InChI is InChI=1S/C35H34F2IN5O6S/c1-3-48-33-28(5-4-16-39-33)35(40-32(44)23-6-9-25(10-7-23)42-19-17-41(2)18-20-42)29-21-24(38)8-15-30(29)43(34(35)45)50(46,47)27-13-11-26(12-14-27)49-22-31(36)37/h4-16,21,31H,3,17-20,22H2,1-2H3,(H,40,44). The molecule has 3 heterocycles. The number of sulfonamides is 1. The van der Waals surface area contributed by atoms with Crippen LogP contribution in [0.1, 0.15) is 28.4 Å². The summed E-state index contributed by atoms with van der Waals surface area (Å²) in [6, 6.07) is 19.8. The number of anilines is 2. The first-order valence-corrected chi connectivity index (χ1v) is 18.3. The van der Waals surface area contributed by atoms with Crippen molar-refractivity contribution in [2.24, 2.45) is 0 Å². The van der Waals surface area contributed by atoms with Gasteiger partial charge in [0.1, 0.15) is 12.4 Å². The fourth-order valence-electron chi connectivity index (χ4n) is 6.08. The van der Waals surface area contributed by atoms with Crippen LogP contribution in [-0.2, 0) is 20.4 Å². The molecule has 11 nitrogen and oxygen atoms in total. The summed E-state index contributed by atoms with van der Waals surface area (Å²) in [5, 5.41) is 2.92. The molecule has 15 heteroatoms. The van der Waals surface area contributed by atoms with E-state index in [1.807, 2.05) is 12.1 Å². The van der Waals surface area contributed by atoms with Gasteiger partial charge in [0.2, 0.25) is 5.88 Å². The Bertz CT molecular complexity index is 1990. The summed E-state index contributed by atoms with van der Waals surface area (Å²) >= 11 is 2.05. The minimum absolute atomic E-state index is 0.0189. The van der Waals surface area contributed by atoms with E-state index in [2.05, 4.69) is 49.7 Å². The van der Waals surface area contributed by atoms with Crippen molar-refractivity contribution < 1.29 is 36.3 Å². The highest BCUT2D eigenvalue weighted by molar-refractivity contribution is 14.1. The van der Waals surface area contributed by atoms with Crippen LogP contribution in [0.15, 0.2) is 90.0 Å². The van der Waals surface area contributed by atoms with Gasteiger partial charge >= 0.3 is 0 Å². The molecule has 2 aliphatic rings. The predicted octanol–water partition coefficient (Wildman–Crippen LogP) is 4.89. The smallest absolute Gasteiger partial charge is 0.276 e. The summed E-state index contributed by atoms with van der Waals surface area (Å²) < 4.78 is 66.2. The maximum atomic E-state index is 15.0. The zero-order valence-electron chi connectivity index (χ0n) is 27.2. The van der Waals surface area contributed by atoms with Gasteiger partial charge in [0.25, 0.3) is 28.3 Å². The molecule has 1 atom stereocenters. The van der Waals surface area contributed by atoms with E-state index in [9.17, 15) is 26.8 Å². The highest BCUT2D eigenvalue weighted by Crippen LogP contribution is 2.49. The first-order valence-electron chi connectivity index (χ1n) is 15.8. The van der Waals surface area contributed by atoms with Crippen LogP contribution < -0.4 is 24.0 Å². The van der Waals surface area contributed by atoms with Crippen molar-refractivity contribution in [2.45, 2.75) is 23.8 Å². The molecular weight excluding hydrogens is 783 g/mol. The number of aromatic nitrogens is 1. The van der Waals surface area contributed by atoms with Gasteiger partial charge in [-0.2, -0.15) is 4.31 Å². The number of hydrogen-bond donors (Lipinski definition) is 1. The second-order valence-corrected chi connectivity index (χ2v) is 14.8. The van der Waals surface area contributed by atoms with E-state index < -0.39 is 40.4 Å². The first-order chi connectivity index (χ1) is 23.9. The van der Waals surface area contributed by atoms with Gasteiger partial charge in [0.15, 0.2) is 5.54 Å². The molecule has 6 rings (SSSR count). The third-order valence-corrected chi connectivity index (χ3v) is 11.0. The average molecular weight is 818 g/mol. The topological polar surface area (TPSA) is 121 Å². The summed E-state index contributed by atoms with van der Waals surface area (Å²) in [5.41, 5.74) is -0.516. The second kappa shape index (κ2) is 14.5. The quantitative estimate of drug-likeness (QED) is 0.211. The predicted molar refractivity (Wildman–Crippen MR) is 192 cm³/mol. The van der Waals surface area contributed by atoms with Crippen LogP contribution >= 0.6 is 22.6 Å². The number of hydrogen-bond acceptors (Lipinski definition) is 9. The summed E-state index contributed by atoms with van der Waals surface area (Å²) in [7, 11) is -2.56. The number of piperazine rings is 1. The molecule has 0 aliphatic carbocycles. The highest BCUT2D eigenvalue weighted by atomic mass is 127. The molecule has 0 radical (unpaired) electrons. The number of nitrogens with zero attached hydrogens (tertiary/aromatic N) is 4. The number of carbonyl (C=O) groups excluding carboxylic acids is 2. The molecule has 1 unspecified atom stereocenters. The van der Waals surface area contributed by atoms with E-state index in [0.29, 0.717) is 7.88 Å². The molecule has 1 aromatic heterocycles. The normalized spacial score (nSPS) is 17.9. The third kappa shape index (κ3) is 6.73. The Morgan fingerprint density at radius 1 is 0.980 bits per heavy atom. The minimum Gasteiger partial charge on any atom is -0.488 e. The Hall–Kier alpha value is -4.35. The average Bonchev–Trinajstić information content (AvgIpc) is 3.35. The van der Waals surface area contributed by atoms with Crippen LogP contribution in [0.5, 0.6) is 11.6 Å². The first kappa shape index (κ1) is 35.5. The van der Waals surface area contributed by atoms with Crippen LogP contribution in [0.4, 0.5) is 20.2 Å². The molecular formula is C35H34F2IN5O6S. The van der Waals surface area contributed by atoms with Gasteiger partial charge < -0.3 is 24.6 Å². The lowest BCUT2D eigenvalue weighted by atomic mass is 9.83. The molecule has 4 aromatic rings. The lowest BCUT2D eigenvalue weighted by molar-refractivity contribution is -0.121. The van der Waals surface area contributed by atoms with Crippen molar-refractivity contribution >= 4 is 55.8 Å². The molecule has 3 aromatic carbocycles. The molecule has 2 aliphatic heterocycles.